The molecule has 1 N–H and O–H groups in total. The predicted octanol–water partition coefficient (Wildman–Crippen LogP) is 3.39. The van der Waals surface area contributed by atoms with E-state index in [0.29, 0.717) is 11.8 Å². The highest BCUT2D eigenvalue weighted by Crippen LogP contribution is 2.29. The molecule has 1 heterocycles. The molecule has 0 aliphatic carbocycles. The van der Waals surface area contributed by atoms with Gasteiger partial charge in [-0.15, -0.1) is 10.2 Å². The zero-order chi connectivity index (χ0) is 14.5. The average molecular weight is 340 g/mol. The molecule has 2 rings (SSSR count). The summed E-state index contributed by atoms with van der Waals surface area (Å²) in [4.78, 5) is 0. The van der Waals surface area contributed by atoms with E-state index in [1.165, 1.54) is 0 Å². The maximum atomic E-state index is 5.80. The molecule has 5 nitrogen and oxygen atoms in total. The van der Waals surface area contributed by atoms with Crippen LogP contribution in [0.5, 0.6) is 5.75 Å². The van der Waals surface area contributed by atoms with Gasteiger partial charge in [0.15, 0.2) is 6.61 Å². The molecule has 0 spiro atoms. The van der Waals surface area contributed by atoms with Crippen molar-refractivity contribution >= 4 is 15.9 Å². The lowest BCUT2D eigenvalue weighted by atomic mass is 10.1. The summed E-state index contributed by atoms with van der Waals surface area (Å²) < 4.78 is 12.1. The van der Waals surface area contributed by atoms with Gasteiger partial charge in [0.2, 0.25) is 5.89 Å². The quantitative estimate of drug-likeness (QED) is 0.873. The van der Waals surface area contributed by atoms with Gasteiger partial charge in [0.25, 0.3) is 5.89 Å². The van der Waals surface area contributed by atoms with Gasteiger partial charge in [0, 0.05) is 23.0 Å². The molecule has 2 aromatic rings. The summed E-state index contributed by atoms with van der Waals surface area (Å²) >= 11 is 3.49. The highest BCUT2D eigenvalue weighted by atomic mass is 79.9. The van der Waals surface area contributed by atoms with E-state index < -0.39 is 0 Å². The van der Waals surface area contributed by atoms with Gasteiger partial charge in [-0.1, -0.05) is 22.9 Å². The molecule has 0 aliphatic rings. The number of ether oxygens (including phenoxy) is 1. The summed E-state index contributed by atoms with van der Waals surface area (Å²) in [6.07, 6.45) is 0. The summed E-state index contributed by atoms with van der Waals surface area (Å²) in [6.45, 7) is 7.12. The van der Waals surface area contributed by atoms with E-state index in [-0.39, 0.29) is 12.6 Å². The molecule has 0 fully saturated rings. The Labute approximate surface area is 126 Å². The summed E-state index contributed by atoms with van der Waals surface area (Å²) in [5, 5.41) is 11.1. The van der Waals surface area contributed by atoms with E-state index in [0.717, 1.165) is 22.3 Å². The molecular formula is C14H18BrN3O2. The van der Waals surface area contributed by atoms with Gasteiger partial charge in [-0.2, -0.15) is 0 Å². The SMILES string of the molecule is CCNC(C)c1cc(Br)ccc1OCc1nnc(C)o1. The van der Waals surface area contributed by atoms with Crippen molar-refractivity contribution in [2.75, 3.05) is 6.54 Å². The second-order valence-corrected chi connectivity index (χ2v) is 5.38. The van der Waals surface area contributed by atoms with Crippen molar-refractivity contribution < 1.29 is 9.15 Å². The summed E-state index contributed by atoms with van der Waals surface area (Å²) in [6, 6.07) is 6.16. The molecule has 0 saturated heterocycles. The molecule has 0 amide bonds. The minimum Gasteiger partial charge on any atom is -0.483 e. The van der Waals surface area contributed by atoms with Crippen LogP contribution in [0.1, 0.15) is 37.2 Å². The van der Waals surface area contributed by atoms with Crippen LogP contribution in [0.25, 0.3) is 0 Å². The molecule has 0 radical (unpaired) electrons. The van der Waals surface area contributed by atoms with E-state index in [9.17, 15) is 0 Å². The van der Waals surface area contributed by atoms with Gasteiger partial charge in [-0.05, 0) is 31.7 Å². The Morgan fingerprint density at radius 2 is 2.20 bits per heavy atom. The fourth-order valence-electron chi connectivity index (χ4n) is 1.94. The van der Waals surface area contributed by atoms with Crippen molar-refractivity contribution in [2.45, 2.75) is 33.4 Å². The Kier molecular flexibility index (Phi) is 5.14. The third-order valence-corrected chi connectivity index (χ3v) is 3.36. The second kappa shape index (κ2) is 6.85. The maximum Gasteiger partial charge on any atom is 0.253 e. The minimum absolute atomic E-state index is 0.205. The fraction of sp³-hybridized carbons (Fsp3) is 0.429. The van der Waals surface area contributed by atoms with Crippen LogP contribution in [0.3, 0.4) is 0 Å². The van der Waals surface area contributed by atoms with Crippen molar-refractivity contribution in [2.24, 2.45) is 0 Å². The number of aromatic nitrogens is 2. The molecule has 108 valence electrons. The van der Waals surface area contributed by atoms with Crippen molar-refractivity contribution in [1.29, 1.82) is 0 Å². The monoisotopic (exact) mass is 339 g/mol. The molecule has 1 aromatic heterocycles. The number of hydrogen-bond donors (Lipinski definition) is 1. The van der Waals surface area contributed by atoms with Gasteiger partial charge in [0.05, 0.1) is 0 Å². The van der Waals surface area contributed by atoms with Gasteiger partial charge in [-0.3, -0.25) is 0 Å². The fourth-order valence-corrected chi connectivity index (χ4v) is 2.32. The highest BCUT2D eigenvalue weighted by Gasteiger charge is 2.13. The van der Waals surface area contributed by atoms with E-state index >= 15 is 0 Å². The van der Waals surface area contributed by atoms with Crippen LogP contribution < -0.4 is 10.1 Å². The molecule has 1 aromatic carbocycles. The molecule has 1 unspecified atom stereocenters. The number of nitrogens with one attached hydrogen (secondary N) is 1. The lowest BCUT2D eigenvalue weighted by Crippen LogP contribution is -2.18. The summed E-state index contributed by atoms with van der Waals surface area (Å²) in [5.41, 5.74) is 1.09. The lowest BCUT2D eigenvalue weighted by Gasteiger charge is -2.17. The molecule has 1 atom stereocenters. The average Bonchev–Trinajstić information content (AvgIpc) is 2.83. The van der Waals surface area contributed by atoms with Gasteiger partial charge >= 0.3 is 0 Å². The molecule has 6 heteroatoms. The van der Waals surface area contributed by atoms with Crippen molar-refractivity contribution in [1.82, 2.24) is 15.5 Å². The van der Waals surface area contributed by atoms with Crippen LogP contribution in [-0.2, 0) is 6.61 Å². The maximum absolute atomic E-state index is 5.80. The second-order valence-electron chi connectivity index (χ2n) is 4.47. The zero-order valence-corrected chi connectivity index (χ0v) is 13.4. The van der Waals surface area contributed by atoms with Crippen LogP contribution in [-0.4, -0.2) is 16.7 Å². The molecular weight excluding hydrogens is 322 g/mol. The predicted molar refractivity (Wildman–Crippen MR) is 79.6 cm³/mol. The van der Waals surface area contributed by atoms with E-state index in [1.54, 1.807) is 6.92 Å². The first-order valence-corrected chi connectivity index (χ1v) is 7.34. The number of halogens is 1. The summed E-state index contributed by atoms with van der Waals surface area (Å²) in [5.74, 6) is 1.84. The van der Waals surface area contributed by atoms with Gasteiger partial charge in [-0.25, -0.2) is 0 Å². The van der Waals surface area contributed by atoms with Gasteiger partial charge < -0.3 is 14.5 Å². The Bertz CT molecular complexity index is 571. The first-order chi connectivity index (χ1) is 9.60. The van der Waals surface area contributed by atoms with Gasteiger partial charge in [0.1, 0.15) is 5.75 Å². The van der Waals surface area contributed by atoms with Crippen molar-refractivity contribution in [3.8, 4) is 5.75 Å². The van der Waals surface area contributed by atoms with E-state index in [1.807, 2.05) is 12.1 Å². The van der Waals surface area contributed by atoms with Crippen LogP contribution in [0.2, 0.25) is 0 Å². The third kappa shape index (κ3) is 3.80. The Balaban J connectivity index is 2.13. The molecule has 20 heavy (non-hydrogen) atoms. The lowest BCUT2D eigenvalue weighted by molar-refractivity contribution is 0.256. The number of hydrogen-bond acceptors (Lipinski definition) is 5. The smallest absolute Gasteiger partial charge is 0.253 e. The minimum atomic E-state index is 0.205. The normalized spacial score (nSPS) is 12.4. The Morgan fingerprint density at radius 3 is 2.85 bits per heavy atom. The highest BCUT2D eigenvalue weighted by molar-refractivity contribution is 9.10. The number of rotatable bonds is 6. The molecule has 0 aliphatic heterocycles. The van der Waals surface area contributed by atoms with Crippen LogP contribution in [0, 0.1) is 6.92 Å². The molecule has 0 bridgehead atoms. The van der Waals surface area contributed by atoms with E-state index in [4.69, 9.17) is 9.15 Å². The number of benzene rings is 1. The largest absolute Gasteiger partial charge is 0.483 e. The molecule has 0 saturated carbocycles. The van der Waals surface area contributed by atoms with E-state index in [2.05, 4.69) is 51.4 Å². The number of aryl methyl sites for hydroxylation is 1. The number of nitrogens with zero attached hydrogens (tertiary/aromatic N) is 2. The van der Waals surface area contributed by atoms with Crippen LogP contribution >= 0.6 is 15.9 Å². The summed E-state index contributed by atoms with van der Waals surface area (Å²) in [7, 11) is 0. The van der Waals surface area contributed by atoms with Crippen LogP contribution in [0.15, 0.2) is 27.1 Å². The Morgan fingerprint density at radius 1 is 1.40 bits per heavy atom. The standard InChI is InChI=1S/C14H18BrN3O2/c1-4-16-9(2)12-7-11(15)5-6-13(12)19-8-14-18-17-10(3)20-14/h5-7,9,16H,4,8H2,1-3H3. The first kappa shape index (κ1) is 15.0. The first-order valence-electron chi connectivity index (χ1n) is 6.54. The third-order valence-electron chi connectivity index (χ3n) is 2.87. The van der Waals surface area contributed by atoms with Crippen LogP contribution in [0.4, 0.5) is 0 Å². The Hall–Kier alpha value is -1.40. The topological polar surface area (TPSA) is 60.2 Å². The van der Waals surface area contributed by atoms with Crippen molar-refractivity contribution in [3.63, 3.8) is 0 Å². The van der Waals surface area contributed by atoms with Crippen molar-refractivity contribution in [3.05, 3.63) is 40.0 Å². The zero-order valence-electron chi connectivity index (χ0n) is 11.8.